The normalized spacial score (nSPS) is 16.4. The summed E-state index contributed by atoms with van der Waals surface area (Å²) < 4.78 is 0. The highest BCUT2D eigenvalue weighted by molar-refractivity contribution is 5.91. The van der Waals surface area contributed by atoms with Crippen LogP contribution >= 0.6 is 0 Å². The molecule has 2 aliphatic carbocycles. The van der Waals surface area contributed by atoms with Crippen molar-refractivity contribution < 1.29 is 19.8 Å². The zero-order valence-corrected chi connectivity index (χ0v) is 11.3. The van der Waals surface area contributed by atoms with Crippen molar-refractivity contribution in [1.82, 2.24) is 0 Å². The van der Waals surface area contributed by atoms with E-state index in [1.807, 2.05) is 11.1 Å². The van der Waals surface area contributed by atoms with Gasteiger partial charge in [0.25, 0.3) is 0 Å². The maximum absolute atomic E-state index is 10.3. The minimum absolute atomic E-state index is 0.0833. The van der Waals surface area contributed by atoms with Crippen LogP contribution in [0.2, 0.25) is 0 Å². The molecule has 0 atom stereocenters. The van der Waals surface area contributed by atoms with E-state index in [0.717, 1.165) is 0 Å². The van der Waals surface area contributed by atoms with Gasteiger partial charge in [0.15, 0.2) is 0 Å². The van der Waals surface area contributed by atoms with Gasteiger partial charge in [-0.05, 0) is 62.8 Å². The SMILES string of the molecule is C1CCC2=C(C1)CC2.O=C(O)c1ccc(C(=O)O)cc1. The second-order valence-electron chi connectivity index (χ2n) is 5.10. The maximum atomic E-state index is 10.3. The number of allylic oxidation sites excluding steroid dienone is 2. The Morgan fingerprint density at radius 1 is 0.700 bits per heavy atom. The predicted octanol–water partition coefficient (Wildman–Crippen LogP) is 3.73. The topological polar surface area (TPSA) is 74.6 Å². The highest BCUT2D eigenvalue weighted by Crippen LogP contribution is 2.38. The van der Waals surface area contributed by atoms with Crippen molar-refractivity contribution in [2.45, 2.75) is 38.5 Å². The van der Waals surface area contributed by atoms with Gasteiger partial charge in [-0.25, -0.2) is 9.59 Å². The molecule has 0 unspecified atom stereocenters. The van der Waals surface area contributed by atoms with Crippen LogP contribution in [0.25, 0.3) is 0 Å². The predicted molar refractivity (Wildman–Crippen MR) is 75.1 cm³/mol. The molecule has 0 aliphatic heterocycles. The Morgan fingerprint density at radius 3 is 1.25 bits per heavy atom. The molecule has 20 heavy (non-hydrogen) atoms. The fourth-order valence-corrected chi connectivity index (χ4v) is 2.51. The Morgan fingerprint density at radius 2 is 1.05 bits per heavy atom. The number of hydrogen-bond donors (Lipinski definition) is 2. The van der Waals surface area contributed by atoms with Crippen LogP contribution < -0.4 is 0 Å². The Bertz CT molecular complexity index is 491. The molecule has 0 saturated heterocycles. The molecule has 0 aromatic heterocycles. The molecule has 1 aromatic rings. The molecule has 0 radical (unpaired) electrons. The van der Waals surface area contributed by atoms with Crippen LogP contribution in [-0.2, 0) is 0 Å². The monoisotopic (exact) mass is 274 g/mol. The molecule has 1 aromatic carbocycles. The Labute approximate surface area is 117 Å². The van der Waals surface area contributed by atoms with Crippen molar-refractivity contribution in [3.63, 3.8) is 0 Å². The average molecular weight is 274 g/mol. The Balaban J connectivity index is 0.000000157. The van der Waals surface area contributed by atoms with Gasteiger partial charge in [-0.1, -0.05) is 11.1 Å². The van der Waals surface area contributed by atoms with Crippen LogP contribution in [0.4, 0.5) is 0 Å². The van der Waals surface area contributed by atoms with Crippen LogP contribution in [0.5, 0.6) is 0 Å². The van der Waals surface area contributed by atoms with Crippen LogP contribution in [0, 0.1) is 0 Å². The summed E-state index contributed by atoms with van der Waals surface area (Å²) in [4.78, 5) is 20.7. The minimum atomic E-state index is -1.06. The number of benzene rings is 1. The average Bonchev–Trinajstić information content (AvgIpc) is 2.41. The second-order valence-corrected chi connectivity index (χ2v) is 5.10. The molecular formula is C16H18O4. The number of carboxylic acids is 2. The molecular weight excluding hydrogens is 256 g/mol. The van der Waals surface area contributed by atoms with E-state index in [9.17, 15) is 9.59 Å². The van der Waals surface area contributed by atoms with E-state index in [1.165, 1.54) is 62.8 Å². The van der Waals surface area contributed by atoms with Crippen LogP contribution in [-0.4, -0.2) is 22.2 Å². The summed E-state index contributed by atoms with van der Waals surface area (Å²) in [5.74, 6) is -2.13. The number of hydrogen-bond acceptors (Lipinski definition) is 2. The van der Waals surface area contributed by atoms with Crippen LogP contribution in [0.1, 0.15) is 59.2 Å². The van der Waals surface area contributed by atoms with Gasteiger partial charge in [0.05, 0.1) is 11.1 Å². The third-order valence-electron chi connectivity index (χ3n) is 3.81. The lowest BCUT2D eigenvalue weighted by atomic mass is 9.78. The molecule has 0 heterocycles. The van der Waals surface area contributed by atoms with Gasteiger partial charge in [-0.15, -0.1) is 0 Å². The van der Waals surface area contributed by atoms with Gasteiger partial charge in [-0.3, -0.25) is 0 Å². The lowest BCUT2D eigenvalue weighted by Crippen LogP contribution is -2.08. The minimum Gasteiger partial charge on any atom is -0.478 e. The van der Waals surface area contributed by atoms with E-state index in [0.29, 0.717) is 0 Å². The molecule has 4 nitrogen and oxygen atoms in total. The molecule has 2 aliphatic rings. The lowest BCUT2D eigenvalue weighted by Gasteiger charge is -2.28. The van der Waals surface area contributed by atoms with E-state index in [2.05, 4.69) is 0 Å². The maximum Gasteiger partial charge on any atom is 0.335 e. The molecule has 3 rings (SSSR count). The van der Waals surface area contributed by atoms with Gasteiger partial charge in [0, 0.05) is 0 Å². The Kier molecular flexibility index (Phi) is 4.56. The first-order chi connectivity index (χ1) is 9.58. The number of aromatic carboxylic acids is 2. The van der Waals surface area contributed by atoms with E-state index in [4.69, 9.17) is 10.2 Å². The summed E-state index contributed by atoms with van der Waals surface area (Å²) in [6.07, 6.45) is 8.70. The molecule has 0 bridgehead atoms. The second kappa shape index (κ2) is 6.37. The van der Waals surface area contributed by atoms with Gasteiger partial charge in [0.2, 0.25) is 0 Å². The zero-order chi connectivity index (χ0) is 14.5. The van der Waals surface area contributed by atoms with E-state index in [1.54, 1.807) is 0 Å². The summed E-state index contributed by atoms with van der Waals surface area (Å²) in [6.45, 7) is 0. The van der Waals surface area contributed by atoms with Crippen molar-refractivity contribution >= 4 is 11.9 Å². The summed E-state index contributed by atoms with van der Waals surface area (Å²) in [5.41, 5.74) is 3.80. The summed E-state index contributed by atoms with van der Waals surface area (Å²) >= 11 is 0. The fraction of sp³-hybridized carbons (Fsp3) is 0.375. The molecule has 0 saturated carbocycles. The molecule has 2 N–H and O–H groups in total. The number of carboxylic acid groups (broad SMARTS) is 2. The van der Waals surface area contributed by atoms with Crippen molar-refractivity contribution in [1.29, 1.82) is 0 Å². The smallest absolute Gasteiger partial charge is 0.335 e. The molecule has 106 valence electrons. The first kappa shape index (κ1) is 14.3. The van der Waals surface area contributed by atoms with Crippen molar-refractivity contribution in [3.8, 4) is 0 Å². The van der Waals surface area contributed by atoms with E-state index < -0.39 is 11.9 Å². The third kappa shape index (κ3) is 3.47. The number of carbonyl (C=O) groups is 2. The van der Waals surface area contributed by atoms with Gasteiger partial charge in [0.1, 0.15) is 0 Å². The standard InChI is InChI=1S/C8H6O4.C8H12/c9-7(10)5-1-2-6(4-3-5)8(11)12;1-2-4-8-6-5-7(8)3-1/h1-4H,(H,9,10)(H,11,12);1-6H2. The number of rotatable bonds is 2. The van der Waals surface area contributed by atoms with Crippen molar-refractivity contribution in [2.75, 3.05) is 0 Å². The molecule has 0 amide bonds. The van der Waals surface area contributed by atoms with Crippen molar-refractivity contribution in [3.05, 3.63) is 46.5 Å². The molecule has 0 fully saturated rings. The summed E-state index contributed by atoms with van der Waals surface area (Å²) in [5, 5.41) is 16.9. The Hall–Kier alpha value is -2.10. The largest absolute Gasteiger partial charge is 0.478 e. The van der Waals surface area contributed by atoms with Gasteiger partial charge < -0.3 is 10.2 Å². The van der Waals surface area contributed by atoms with Gasteiger partial charge >= 0.3 is 11.9 Å². The fourth-order valence-electron chi connectivity index (χ4n) is 2.51. The van der Waals surface area contributed by atoms with E-state index >= 15 is 0 Å². The van der Waals surface area contributed by atoms with E-state index in [-0.39, 0.29) is 11.1 Å². The first-order valence-electron chi connectivity index (χ1n) is 6.84. The third-order valence-corrected chi connectivity index (χ3v) is 3.81. The van der Waals surface area contributed by atoms with Crippen molar-refractivity contribution in [2.24, 2.45) is 0 Å². The molecule has 0 spiro atoms. The quantitative estimate of drug-likeness (QED) is 0.806. The first-order valence-corrected chi connectivity index (χ1v) is 6.84. The highest BCUT2D eigenvalue weighted by atomic mass is 16.4. The summed E-state index contributed by atoms with van der Waals surface area (Å²) in [7, 11) is 0. The zero-order valence-electron chi connectivity index (χ0n) is 11.3. The van der Waals surface area contributed by atoms with Gasteiger partial charge in [-0.2, -0.15) is 0 Å². The highest BCUT2D eigenvalue weighted by Gasteiger charge is 2.18. The van der Waals surface area contributed by atoms with Crippen LogP contribution in [0.3, 0.4) is 0 Å². The summed E-state index contributed by atoms with van der Waals surface area (Å²) in [6, 6.07) is 5.02. The van der Waals surface area contributed by atoms with Crippen LogP contribution in [0.15, 0.2) is 35.4 Å². The molecule has 4 heteroatoms. The lowest BCUT2D eigenvalue weighted by molar-refractivity contribution is 0.0681.